The van der Waals surface area contributed by atoms with Gasteiger partial charge < -0.3 is 5.43 Å². The molecule has 6 heteroatoms. The lowest BCUT2D eigenvalue weighted by atomic mass is 10.2. The predicted molar refractivity (Wildman–Crippen MR) is 72.1 cm³/mol. The zero-order valence-electron chi connectivity index (χ0n) is 10.5. The summed E-state index contributed by atoms with van der Waals surface area (Å²) in [4.78, 5) is 10.6. The van der Waals surface area contributed by atoms with E-state index in [0.717, 1.165) is 18.5 Å². The number of benzene rings is 1. The van der Waals surface area contributed by atoms with Crippen LogP contribution in [0.25, 0.3) is 0 Å². The summed E-state index contributed by atoms with van der Waals surface area (Å²) in [6, 6.07) is 6.25. The largest absolute Gasteiger partial charge is 0.322 e. The number of nitriles is 1. The molecular formula is C13H15ClFN3O. The van der Waals surface area contributed by atoms with Crippen molar-refractivity contribution in [3.05, 3.63) is 29.0 Å². The Morgan fingerprint density at radius 1 is 1.58 bits per heavy atom. The van der Waals surface area contributed by atoms with Crippen molar-refractivity contribution in [3.63, 3.8) is 0 Å². The maximum absolute atomic E-state index is 12.6. The second-order valence-electron chi connectivity index (χ2n) is 4.08. The average Bonchev–Trinajstić information content (AvgIpc) is 3.20. The van der Waals surface area contributed by atoms with Gasteiger partial charge in [-0.15, -0.1) is 0 Å². The van der Waals surface area contributed by atoms with Crippen LogP contribution in [0.5, 0.6) is 0 Å². The van der Waals surface area contributed by atoms with E-state index in [1.54, 1.807) is 13.1 Å². The van der Waals surface area contributed by atoms with Crippen LogP contribution < -0.4 is 10.9 Å². The highest BCUT2D eigenvalue weighted by molar-refractivity contribution is 6.31. The monoisotopic (exact) mass is 283 g/mol. The van der Waals surface area contributed by atoms with E-state index in [0.29, 0.717) is 0 Å². The summed E-state index contributed by atoms with van der Waals surface area (Å²) >= 11 is 5.51. The number of ketones is 1. The topological polar surface area (TPSA) is 64.9 Å². The molecule has 0 aliphatic heterocycles. The summed E-state index contributed by atoms with van der Waals surface area (Å²) in [6.07, 6.45) is 2.14. The summed E-state index contributed by atoms with van der Waals surface area (Å²) in [5.74, 6) is -0.0181. The van der Waals surface area contributed by atoms with Crippen LogP contribution in [-0.2, 0) is 4.79 Å². The first-order chi connectivity index (χ1) is 9.08. The highest BCUT2D eigenvalue weighted by atomic mass is 35.5. The molecule has 0 saturated heterocycles. The van der Waals surface area contributed by atoms with Gasteiger partial charge in [0.15, 0.2) is 0 Å². The molecule has 1 aromatic rings. The standard InChI is InChI=1S/C7H8ClFN2.C6H7NO/c1-10-11-5-2-3-7(9)6(8)4-5;7-4-3-6(8)5-1-2-5/h2-4,10-11H,1H3;5H,1-3H2. The lowest BCUT2D eigenvalue weighted by Crippen LogP contribution is -2.14. The van der Waals surface area contributed by atoms with Gasteiger partial charge in [-0.2, -0.15) is 5.26 Å². The van der Waals surface area contributed by atoms with Crippen LogP contribution in [0.4, 0.5) is 10.1 Å². The van der Waals surface area contributed by atoms with E-state index in [-0.39, 0.29) is 23.1 Å². The SMILES string of the molecule is CNNc1ccc(F)c(Cl)c1.N#CCC(=O)C1CC1. The van der Waals surface area contributed by atoms with Gasteiger partial charge in [-0.1, -0.05) is 11.6 Å². The number of halogens is 2. The predicted octanol–water partition coefficient (Wildman–Crippen LogP) is 2.90. The van der Waals surface area contributed by atoms with Crippen LogP contribution in [-0.4, -0.2) is 12.8 Å². The molecule has 102 valence electrons. The molecule has 0 heterocycles. The fourth-order valence-electron chi connectivity index (χ4n) is 1.35. The maximum Gasteiger partial charge on any atom is 0.149 e. The number of carbonyl (C=O) groups excluding carboxylic acids is 1. The molecule has 1 fully saturated rings. The molecule has 0 atom stereocenters. The third kappa shape index (κ3) is 5.69. The summed E-state index contributed by atoms with van der Waals surface area (Å²) in [5, 5.41) is 8.16. The van der Waals surface area contributed by atoms with Crippen LogP contribution in [0.15, 0.2) is 18.2 Å². The number of hydrogen-bond acceptors (Lipinski definition) is 4. The Morgan fingerprint density at radius 3 is 2.74 bits per heavy atom. The van der Waals surface area contributed by atoms with Gasteiger partial charge in [-0.05, 0) is 31.0 Å². The third-order valence-electron chi connectivity index (χ3n) is 2.47. The molecule has 2 N–H and O–H groups in total. The molecule has 0 radical (unpaired) electrons. The minimum Gasteiger partial charge on any atom is -0.322 e. The highest BCUT2D eigenvalue weighted by Crippen LogP contribution is 2.30. The number of hydrazine groups is 1. The Kier molecular flexibility index (Phi) is 6.26. The lowest BCUT2D eigenvalue weighted by molar-refractivity contribution is -0.119. The zero-order valence-corrected chi connectivity index (χ0v) is 11.3. The normalized spacial score (nSPS) is 12.9. The van der Waals surface area contributed by atoms with Crippen LogP contribution in [0.2, 0.25) is 5.02 Å². The highest BCUT2D eigenvalue weighted by Gasteiger charge is 2.28. The Labute approximate surface area is 116 Å². The van der Waals surface area contributed by atoms with Gasteiger partial charge in [0.1, 0.15) is 11.6 Å². The quantitative estimate of drug-likeness (QED) is 0.834. The van der Waals surface area contributed by atoms with E-state index in [9.17, 15) is 9.18 Å². The first-order valence-corrected chi connectivity index (χ1v) is 6.23. The van der Waals surface area contributed by atoms with Crippen molar-refractivity contribution in [2.24, 2.45) is 5.92 Å². The van der Waals surface area contributed by atoms with Crippen LogP contribution in [0.3, 0.4) is 0 Å². The third-order valence-corrected chi connectivity index (χ3v) is 2.76. The van der Waals surface area contributed by atoms with E-state index in [2.05, 4.69) is 10.9 Å². The second kappa shape index (κ2) is 7.72. The Hall–Kier alpha value is -1.64. The van der Waals surface area contributed by atoms with Crippen molar-refractivity contribution in [1.82, 2.24) is 5.43 Å². The van der Waals surface area contributed by atoms with E-state index in [4.69, 9.17) is 16.9 Å². The van der Waals surface area contributed by atoms with Gasteiger partial charge in [0.05, 0.1) is 23.2 Å². The number of Topliss-reactive ketones (excluding diaryl/α,β-unsaturated/α-hetero) is 1. The average molecular weight is 284 g/mol. The van der Waals surface area contributed by atoms with Crippen molar-refractivity contribution in [1.29, 1.82) is 5.26 Å². The number of nitrogens with one attached hydrogen (secondary N) is 2. The van der Waals surface area contributed by atoms with Gasteiger partial charge in [-0.3, -0.25) is 4.79 Å². The second-order valence-corrected chi connectivity index (χ2v) is 4.49. The van der Waals surface area contributed by atoms with Gasteiger partial charge in [-0.25, -0.2) is 9.82 Å². The van der Waals surface area contributed by atoms with Gasteiger partial charge in [0.2, 0.25) is 0 Å². The van der Waals surface area contributed by atoms with Gasteiger partial charge in [0, 0.05) is 13.0 Å². The molecule has 1 aliphatic rings. The minimum absolute atomic E-state index is 0.116. The van der Waals surface area contributed by atoms with Crippen molar-refractivity contribution in [3.8, 4) is 6.07 Å². The van der Waals surface area contributed by atoms with Crippen LogP contribution >= 0.6 is 11.6 Å². The van der Waals surface area contributed by atoms with Crippen molar-refractivity contribution < 1.29 is 9.18 Å². The summed E-state index contributed by atoms with van der Waals surface area (Å²) < 4.78 is 12.6. The maximum atomic E-state index is 12.6. The Bertz CT molecular complexity index is 483. The smallest absolute Gasteiger partial charge is 0.149 e. The van der Waals surface area contributed by atoms with E-state index < -0.39 is 5.82 Å². The molecule has 0 bridgehead atoms. The summed E-state index contributed by atoms with van der Waals surface area (Å²) in [7, 11) is 1.72. The lowest BCUT2D eigenvalue weighted by Gasteiger charge is -2.03. The first-order valence-electron chi connectivity index (χ1n) is 5.86. The van der Waals surface area contributed by atoms with E-state index in [1.165, 1.54) is 12.1 Å². The van der Waals surface area contributed by atoms with E-state index in [1.807, 2.05) is 6.07 Å². The molecule has 1 aromatic carbocycles. The number of anilines is 1. The molecule has 4 nitrogen and oxygen atoms in total. The summed E-state index contributed by atoms with van der Waals surface area (Å²) in [5.41, 5.74) is 6.21. The van der Waals surface area contributed by atoms with Crippen molar-refractivity contribution in [2.75, 3.05) is 12.5 Å². The van der Waals surface area contributed by atoms with Crippen LogP contribution in [0.1, 0.15) is 19.3 Å². The van der Waals surface area contributed by atoms with Gasteiger partial charge >= 0.3 is 0 Å². The number of carbonyl (C=O) groups is 1. The minimum atomic E-state index is -0.409. The number of rotatable bonds is 4. The van der Waals surface area contributed by atoms with Crippen molar-refractivity contribution in [2.45, 2.75) is 19.3 Å². The van der Waals surface area contributed by atoms with Crippen LogP contribution in [0, 0.1) is 23.1 Å². The Morgan fingerprint density at radius 2 is 2.26 bits per heavy atom. The molecule has 2 rings (SSSR count). The molecule has 1 aliphatic carbocycles. The molecule has 1 saturated carbocycles. The zero-order chi connectivity index (χ0) is 14.3. The van der Waals surface area contributed by atoms with Crippen molar-refractivity contribution >= 4 is 23.1 Å². The fraction of sp³-hybridized carbons (Fsp3) is 0.385. The molecule has 0 spiro atoms. The fourth-order valence-corrected chi connectivity index (χ4v) is 1.53. The molecule has 0 unspecified atom stereocenters. The molecule has 19 heavy (non-hydrogen) atoms. The van der Waals surface area contributed by atoms with Gasteiger partial charge in [0.25, 0.3) is 0 Å². The number of hydrogen-bond donors (Lipinski definition) is 2. The number of nitrogens with zero attached hydrogens (tertiary/aromatic N) is 1. The molecule has 0 amide bonds. The first kappa shape index (κ1) is 15.4. The summed E-state index contributed by atoms with van der Waals surface area (Å²) in [6.45, 7) is 0. The molecule has 0 aromatic heterocycles. The Balaban J connectivity index is 0.000000200. The van der Waals surface area contributed by atoms with E-state index >= 15 is 0 Å². The molecular weight excluding hydrogens is 269 g/mol.